The number of aromatic nitrogens is 1. The van der Waals surface area contributed by atoms with Gasteiger partial charge in [-0.1, -0.05) is 43.2 Å². The van der Waals surface area contributed by atoms with Crippen LogP contribution in [0, 0.1) is 11.3 Å². The van der Waals surface area contributed by atoms with Crippen LogP contribution in [-0.2, 0) is 0 Å². The highest BCUT2D eigenvalue weighted by Crippen LogP contribution is 2.53. The Labute approximate surface area is 150 Å². The van der Waals surface area contributed by atoms with Gasteiger partial charge in [-0.3, -0.25) is 0 Å². The molecule has 1 aliphatic heterocycles. The molecule has 4 rings (SSSR count). The third kappa shape index (κ3) is 2.93. The lowest BCUT2D eigenvalue weighted by molar-refractivity contribution is -0.0347. The lowest BCUT2D eigenvalue weighted by Crippen LogP contribution is -2.54. The molecule has 2 aliphatic carbocycles. The van der Waals surface area contributed by atoms with Crippen molar-refractivity contribution in [2.45, 2.75) is 51.0 Å². The van der Waals surface area contributed by atoms with E-state index in [9.17, 15) is 0 Å². The lowest BCUT2D eigenvalue weighted by atomic mass is 9.57. The van der Waals surface area contributed by atoms with Crippen molar-refractivity contribution in [2.75, 3.05) is 13.6 Å². The van der Waals surface area contributed by atoms with Crippen LogP contribution in [0.25, 0.3) is 5.57 Å². The zero-order valence-corrected chi connectivity index (χ0v) is 15.5. The van der Waals surface area contributed by atoms with Crippen LogP contribution in [0.15, 0.2) is 42.0 Å². The largest absolute Gasteiger partial charge is 0.303 e. The van der Waals surface area contributed by atoms with E-state index in [1.807, 2.05) is 6.20 Å². The maximum Gasteiger partial charge on any atom is 0.122 e. The Bertz CT molecular complexity index is 657. The van der Waals surface area contributed by atoms with E-state index in [1.165, 1.54) is 56.2 Å². The van der Waals surface area contributed by atoms with Crippen molar-refractivity contribution < 1.29 is 0 Å². The molecule has 1 aromatic rings. The Kier molecular flexibility index (Phi) is 4.48. The predicted molar refractivity (Wildman–Crippen MR) is 103 cm³/mol. The average Bonchev–Trinajstić information content (AvgIpc) is 3.12. The van der Waals surface area contributed by atoms with Crippen molar-refractivity contribution in [1.82, 2.24) is 9.88 Å². The first-order valence-corrected chi connectivity index (χ1v) is 10.2. The smallest absolute Gasteiger partial charge is 0.122 e. The van der Waals surface area contributed by atoms with E-state index in [4.69, 9.17) is 0 Å². The van der Waals surface area contributed by atoms with Crippen LogP contribution < -0.4 is 0 Å². The van der Waals surface area contributed by atoms with Crippen LogP contribution >= 0.6 is 11.3 Å². The first-order chi connectivity index (χ1) is 11.7. The number of likely N-dealkylation sites (tertiary alicyclic amines) is 1. The summed E-state index contributed by atoms with van der Waals surface area (Å²) in [5, 5.41) is 3.22. The third-order valence-electron chi connectivity index (χ3n) is 6.60. The number of hydrogen-bond donors (Lipinski definition) is 0. The molecule has 1 aromatic heterocycles. The Morgan fingerprint density at radius 3 is 3.04 bits per heavy atom. The molecule has 2 bridgehead atoms. The molecule has 3 aliphatic rings. The predicted octanol–water partition coefficient (Wildman–Crippen LogP) is 5.31. The highest BCUT2D eigenvalue weighted by molar-refractivity contribution is 7.10. The molecule has 2 heterocycles. The Morgan fingerprint density at radius 2 is 2.21 bits per heavy atom. The van der Waals surface area contributed by atoms with Crippen LogP contribution in [0.2, 0.25) is 0 Å². The summed E-state index contributed by atoms with van der Waals surface area (Å²) < 4.78 is 0. The van der Waals surface area contributed by atoms with Gasteiger partial charge in [-0.2, -0.15) is 0 Å². The number of rotatable bonds is 1. The van der Waals surface area contributed by atoms with Crippen LogP contribution in [0.4, 0.5) is 0 Å². The summed E-state index contributed by atoms with van der Waals surface area (Å²) >= 11 is 1.74. The zero-order chi connectivity index (χ0) is 16.6. The Hall–Kier alpha value is -1.19. The minimum atomic E-state index is 0.503. The van der Waals surface area contributed by atoms with E-state index in [2.05, 4.69) is 47.1 Å². The molecule has 1 saturated heterocycles. The second kappa shape index (κ2) is 6.61. The summed E-state index contributed by atoms with van der Waals surface area (Å²) in [6, 6.07) is 0.672. The highest BCUT2D eigenvalue weighted by atomic mass is 32.1. The molecule has 0 aromatic carbocycles. The summed E-state index contributed by atoms with van der Waals surface area (Å²) in [5.74, 6) is 0.821. The molecule has 0 radical (unpaired) electrons. The second-order valence-corrected chi connectivity index (χ2v) is 8.80. The quantitative estimate of drug-likeness (QED) is 0.688. The van der Waals surface area contributed by atoms with E-state index in [-0.39, 0.29) is 0 Å². The summed E-state index contributed by atoms with van der Waals surface area (Å²) in [5.41, 5.74) is 3.06. The van der Waals surface area contributed by atoms with Gasteiger partial charge < -0.3 is 4.90 Å². The van der Waals surface area contributed by atoms with Gasteiger partial charge in [0.1, 0.15) is 5.01 Å². The monoisotopic (exact) mass is 340 g/mol. The molecular weight excluding hydrogens is 312 g/mol. The molecular formula is C21H28N2S. The number of piperidine rings is 1. The van der Waals surface area contributed by atoms with Crippen molar-refractivity contribution in [3.05, 3.63) is 47.0 Å². The molecule has 0 N–H and O–H groups in total. The van der Waals surface area contributed by atoms with Crippen LogP contribution in [0.5, 0.6) is 0 Å². The van der Waals surface area contributed by atoms with E-state index in [0.717, 1.165) is 17.3 Å². The fourth-order valence-corrected chi connectivity index (χ4v) is 5.88. The van der Waals surface area contributed by atoms with Gasteiger partial charge >= 0.3 is 0 Å². The molecule has 24 heavy (non-hydrogen) atoms. The van der Waals surface area contributed by atoms with Crippen molar-refractivity contribution >= 4 is 16.9 Å². The number of allylic oxidation sites excluding steroid dienone is 4. The van der Waals surface area contributed by atoms with E-state index < -0.39 is 0 Å². The van der Waals surface area contributed by atoms with E-state index in [1.54, 1.807) is 11.3 Å². The Balaban J connectivity index is 1.74. The summed E-state index contributed by atoms with van der Waals surface area (Å²) in [6.45, 7) is 5.60. The van der Waals surface area contributed by atoms with Gasteiger partial charge in [0.25, 0.3) is 0 Å². The second-order valence-electron chi connectivity index (χ2n) is 7.91. The topological polar surface area (TPSA) is 16.1 Å². The normalized spacial score (nSPS) is 38.0. The van der Waals surface area contributed by atoms with Gasteiger partial charge in [0.05, 0.1) is 0 Å². The summed E-state index contributed by atoms with van der Waals surface area (Å²) in [7, 11) is 2.32. The lowest BCUT2D eigenvalue weighted by Gasteiger charge is -2.55. The maximum atomic E-state index is 4.55. The first-order valence-electron chi connectivity index (χ1n) is 9.34. The van der Waals surface area contributed by atoms with Gasteiger partial charge in [0.2, 0.25) is 0 Å². The van der Waals surface area contributed by atoms with Crippen LogP contribution in [-0.4, -0.2) is 29.5 Å². The van der Waals surface area contributed by atoms with Crippen molar-refractivity contribution in [1.29, 1.82) is 0 Å². The van der Waals surface area contributed by atoms with E-state index >= 15 is 0 Å². The maximum absolute atomic E-state index is 4.55. The van der Waals surface area contributed by atoms with Crippen molar-refractivity contribution in [3.8, 4) is 0 Å². The molecule has 2 nitrogen and oxygen atoms in total. The van der Waals surface area contributed by atoms with Gasteiger partial charge in [-0.15, -0.1) is 11.3 Å². The average molecular weight is 341 g/mol. The van der Waals surface area contributed by atoms with Crippen molar-refractivity contribution in [3.63, 3.8) is 0 Å². The SMILES string of the molecule is C=C1/C=C\C(c2nccs2)=C/C[C@]23CCCCC2[C@H](C1)N(C)CC3. The van der Waals surface area contributed by atoms with Crippen LogP contribution in [0.1, 0.15) is 50.0 Å². The number of nitrogens with zero attached hydrogens (tertiary/aromatic N) is 2. The molecule has 2 fully saturated rings. The molecule has 0 spiro atoms. The first kappa shape index (κ1) is 16.3. The standard InChI is InChI=1S/C21H28N2S/c1-16-6-7-17(20-22-12-14-24-20)8-10-21-9-4-3-5-18(21)19(15-16)23(2)13-11-21/h6-8,12,14,18-19H,1,3-5,9-11,13,15H2,2H3/b7-6-,17-8+/t18?,19-,21-/m0/s1. The van der Waals surface area contributed by atoms with Gasteiger partial charge in [0, 0.05) is 23.2 Å². The van der Waals surface area contributed by atoms with Crippen molar-refractivity contribution in [2.24, 2.45) is 11.3 Å². The Morgan fingerprint density at radius 1 is 1.29 bits per heavy atom. The fourth-order valence-electron chi connectivity index (χ4n) is 5.22. The highest BCUT2D eigenvalue weighted by Gasteiger charge is 2.47. The number of thiazole rings is 1. The fraction of sp³-hybridized carbons (Fsp3) is 0.571. The third-order valence-corrected chi connectivity index (χ3v) is 7.42. The molecule has 1 unspecified atom stereocenters. The molecule has 0 amide bonds. The van der Waals surface area contributed by atoms with Gasteiger partial charge in [-0.05, 0) is 57.0 Å². The minimum Gasteiger partial charge on any atom is -0.303 e. The zero-order valence-electron chi connectivity index (χ0n) is 14.7. The molecule has 3 atom stereocenters. The molecule has 128 valence electrons. The molecule has 1 saturated carbocycles. The number of hydrogen-bond acceptors (Lipinski definition) is 3. The minimum absolute atomic E-state index is 0.503. The van der Waals surface area contributed by atoms with Crippen LogP contribution in [0.3, 0.4) is 0 Å². The van der Waals surface area contributed by atoms with E-state index in [0.29, 0.717) is 11.5 Å². The van der Waals surface area contributed by atoms with Gasteiger partial charge in [-0.25, -0.2) is 4.98 Å². The van der Waals surface area contributed by atoms with Gasteiger partial charge in [0.15, 0.2) is 0 Å². The summed E-state index contributed by atoms with van der Waals surface area (Å²) in [4.78, 5) is 7.16. The summed E-state index contributed by atoms with van der Waals surface area (Å²) in [6.07, 6.45) is 18.2. The molecule has 3 heteroatoms.